The van der Waals surface area contributed by atoms with Crippen molar-refractivity contribution in [3.05, 3.63) is 30.1 Å². The second-order valence-electron chi connectivity index (χ2n) is 6.20. The zero-order valence-electron chi connectivity index (χ0n) is 13.1. The number of hydrogen-bond donors (Lipinski definition) is 0. The van der Waals surface area contributed by atoms with Gasteiger partial charge >= 0.3 is 0 Å². The Balaban J connectivity index is 1.52. The lowest BCUT2D eigenvalue weighted by Crippen LogP contribution is -2.40. The molecule has 0 aromatic carbocycles. The third kappa shape index (κ3) is 4.05. The highest BCUT2D eigenvalue weighted by Crippen LogP contribution is 2.19. The highest BCUT2D eigenvalue weighted by molar-refractivity contribution is 5.79. The van der Waals surface area contributed by atoms with E-state index in [1.54, 1.807) is 0 Å². The minimum Gasteiger partial charge on any atom is -0.381 e. The van der Waals surface area contributed by atoms with Crippen molar-refractivity contribution in [1.82, 2.24) is 14.8 Å². The number of carbonyl (C=O) groups is 1. The van der Waals surface area contributed by atoms with Crippen LogP contribution in [0, 0.1) is 5.92 Å². The second kappa shape index (κ2) is 7.70. The van der Waals surface area contributed by atoms with Gasteiger partial charge in [-0.05, 0) is 37.0 Å². The first-order chi connectivity index (χ1) is 10.8. The molecule has 3 heterocycles. The highest BCUT2D eigenvalue weighted by Gasteiger charge is 2.27. The molecular weight excluding hydrogens is 278 g/mol. The van der Waals surface area contributed by atoms with Gasteiger partial charge in [0.1, 0.15) is 0 Å². The zero-order valence-corrected chi connectivity index (χ0v) is 13.1. The summed E-state index contributed by atoms with van der Waals surface area (Å²) in [5, 5.41) is 0. The molecule has 120 valence electrons. The Kier molecular flexibility index (Phi) is 5.40. The number of nitrogens with zero attached hydrogens (tertiary/aromatic N) is 3. The molecule has 5 heteroatoms. The van der Waals surface area contributed by atoms with Gasteiger partial charge in [-0.2, -0.15) is 0 Å². The van der Waals surface area contributed by atoms with Crippen LogP contribution in [0.4, 0.5) is 0 Å². The Morgan fingerprint density at radius 2 is 1.91 bits per heavy atom. The molecule has 0 unspecified atom stereocenters. The molecule has 2 aliphatic heterocycles. The molecule has 1 amide bonds. The molecule has 0 spiro atoms. The third-order valence-electron chi connectivity index (χ3n) is 4.63. The third-order valence-corrected chi connectivity index (χ3v) is 4.63. The van der Waals surface area contributed by atoms with E-state index >= 15 is 0 Å². The summed E-state index contributed by atoms with van der Waals surface area (Å²) in [6.07, 6.45) is 6.51. The maximum atomic E-state index is 12.6. The number of hydrogen-bond acceptors (Lipinski definition) is 4. The predicted octanol–water partition coefficient (Wildman–Crippen LogP) is 1.54. The van der Waals surface area contributed by atoms with Crippen molar-refractivity contribution < 1.29 is 9.53 Å². The van der Waals surface area contributed by atoms with E-state index in [2.05, 4.69) is 26.9 Å². The van der Waals surface area contributed by atoms with E-state index in [1.165, 1.54) is 5.56 Å². The van der Waals surface area contributed by atoms with Crippen LogP contribution in [0.5, 0.6) is 0 Å². The van der Waals surface area contributed by atoms with Crippen molar-refractivity contribution in [3.63, 3.8) is 0 Å². The summed E-state index contributed by atoms with van der Waals surface area (Å²) < 4.78 is 5.36. The van der Waals surface area contributed by atoms with Crippen LogP contribution in [-0.2, 0) is 16.1 Å². The summed E-state index contributed by atoms with van der Waals surface area (Å²) in [6.45, 7) is 6.17. The van der Waals surface area contributed by atoms with Gasteiger partial charge in [0.15, 0.2) is 0 Å². The van der Waals surface area contributed by atoms with Gasteiger partial charge in [-0.25, -0.2) is 0 Å². The van der Waals surface area contributed by atoms with Crippen LogP contribution in [0.3, 0.4) is 0 Å². The van der Waals surface area contributed by atoms with Gasteiger partial charge in [-0.1, -0.05) is 0 Å². The number of aromatic nitrogens is 1. The Morgan fingerprint density at radius 3 is 2.68 bits per heavy atom. The molecule has 2 aliphatic rings. The summed E-state index contributed by atoms with van der Waals surface area (Å²) in [4.78, 5) is 21.2. The maximum Gasteiger partial charge on any atom is 0.225 e. The van der Waals surface area contributed by atoms with Crippen LogP contribution in [0.25, 0.3) is 0 Å². The van der Waals surface area contributed by atoms with Crippen LogP contribution in [-0.4, -0.2) is 60.1 Å². The van der Waals surface area contributed by atoms with E-state index in [4.69, 9.17) is 4.74 Å². The van der Waals surface area contributed by atoms with Crippen molar-refractivity contribution in [2.24, 2.45) is 5.92 Å². The standard InChI is InChI=1S/C17H25N3O2/c21-17(16-4-12-22-13-5-16)20-9-1-8-19(10-11-20)14-15-2-6-18-7-3-15/h2-3,6-7,16H,1,4-5,8-14H2. The minimum absolute atomic E-state index is 0.181. The summed E-state index contributed by atoms with van der Waals surface area (Å²) in [5.41, 5.74) is 1.29. The van der Waals surface area contributed by atoms with E-state index < -0.39 is 0 Å². The van der Waals surface area contributed by atoms with Crippen LogP contribution in [0.1, 0.15) is 24.8 Å². The Bertz CT molecular complexity index is 474. The quantitative estimate of drug-likeness (QED) is 0.850. The Morgan fingerprint density at radius 1 is 1.14 bits per heavy atom. The smallest absolute Gasteiger partial charge is 0.225 e. The minimum atomic E-state index is 0.181. The molecule has 1 aromatic heterocycles. The highest BCUT2D eigenvalue weighted by atomic mass is 16.5. The molecule has 0 bridgehead atoms. The van der Waals surface area contributed by atoms with Crippen LogP contribution in [0.15, 0.2) is 24.5 Å². The monoisotopic (exact) mass is 303 g/mol. The van der Waals surface area contributed by atoms with E-state index in [9.17, 15) is 4.79 Å². The number of pyridine rings is 1. The fourth-order valence-electron chi connectivity index (χ4n) is 3.30. The number of amides is 1. The number of ether oxygens (including phenoxy) is 1. The Labute approximate surface area is 132 Å². The molecule has 3 rings (SSSR count). The molecule has 1 aromatic rings. The van der Waals surface area contributed by atoms with Gasteiger partial charge in [0, 0.05) is 64.2 Å². The fourth-order valence-corrected chi connectivity index (χ4v) is 3.30. The molecule has 2 saturated heterocycles. The van der Waals surface area contributed by atoms with Crippen molar-refractivity contribution in [2.45, 2.75) is 25.8 Å². The predicted molar refractivity (Wildman–Crippen MR) is 84.3 cm³/mol. The summed E-state index contributed by atoms with van der Waals surface area (Å²) in [7, 11) is 0. The van der Waals surface area contributed by atoms with Crippen molar-refractivity contribution in [3.8, 4) is 0 Å². The average Bonchev–Trinajstić information content (AvgIpc) is 2.82. The van der Waals surface area contributed by atoms with Gasteiger partial charge in [0.2, 0.25) is 5.91 Å². The number of rotatable bonds is 3. The average molecular weight is 303 g/mol. The lowest BCUT2D eigenvalue weighted by Gasteiger charge is -2.28. The first-order valence-electron chi connectivity index (χ1n) is 8.31. The van der Waals surface area contributed by atoms with Gasteiger partial charge < -0.3 is 9.64 Å². The number of carbonyl (C=O) groups excluding carboxylic acids is 1. The van der Waals surface area contributed by atoms with Gasteiger partial charge in [0.25, 0.3) is 0 Å². The Hall–Kier alpha value is -1.46. The van der Waals surface area contributed by atoms with E-state index in [0.29, 0.717) is 5.91 Å². The first-order valence-corrected chi connectivity index (χ1v) is 8.31. The topological polar surface area (TPSA) is 45.7 Å². The van der Waals surface area contributed by atoms with Crippen LogP contribution >= 0.6 is 0 Å². The van der Waals surface area contributed by atoms with Crippen molar-refractivity contribution in [1.29, 1.82) is 0 Å². The SMILES string of the molecule is O=C(C1CCOCC1)N1CCCN(Cc2ccncc2)CC1. The zero-order chi connectivity index (χ0) is 15.2. The largest absolute Gasteiger partial charge is 0.381 e. The summed E-state index contributed by atoms with van der Waals surface area (Å²) in [6, 6.07) is 4.13. The van der Waals surface area contributed by atoms with Crippen LogP contribution in [0.2, 0.25) is 0 Å². The normalized spacial score (nSPS) is 21.5. The maximum absolute atomic E-state index is 12.6. The molecule has 0 saturated carbocycles. The van der Waals surface area contributed by atoms with E-state index in [1.807, 2.05) is 12.4 Å². The van der Waals surface area contributed by atoms with Crippen molar-refractivity contribution in [2.75, 3.05) is 39.4 Å². The molecule has 5 nitrogen and oxygen atoms in total. The van der Waals surface area contributed by atoms with Gasteiger partial charge in [-0.3, -0.25) is 14.7 Å². The fraction of sp³-hybridized carbons (Fsp3) is 0.647. The first kappa shape index (κ1) is 15.4. The second-order valence-corrected chi connectivity index (χ2v) is 6.20. The molecule has 22 heavy (non-hydrogen) atoms. The molecule has 2 fully saturated rings. The molecular formula is C17H25N3O2. The van der Waals surface area contributed by atoms with Crippen LogP contribution < -0.4 is 0 Å². The molecule has 0 radical (unpaired) electrons. The van der Waals surface area contributed by atoms with E-state index in [-0.39, 0.29) is 5.92 Å². The molecule has 0 aliphatic carbocycles. The van der Waals surface area contributed by atoms with Crippen molar-refractivity contribution >= 4 is 5.91 Å². The lowest BCUT2D eigenvalue weighted by atomic mass is 9.98. The summed E-state index contributed by atoms with van der Waals surface area (Å²) in [5.74, 6) is 0.523. The van der Waals surface area contributed by atoms with Gasteiger partial charge in [0.05, 0.1) is 0 Å². The summed E-state index contributed by atoms with van der Waals surface area (Å²) >= 11 is 0. The van der Waals surface area contributed by atoms with Gasteiger partial charge in [-0.15, -0.1) is 0 Å². The lowest BCUT2D eigenvalue weighted by molar-refractivity contribution is -0.138. The molecule has 0 N–H and O–H groups in total. The van der Waals surface area contributed by atoms with E-state index in [0.717, 1.165) is 65.2 Å². The molecule has 0 atom stereocenters.